The van der Waals surface area contributed by atoms with Gasteiger partial charge >= 0.3 is 0 Å². The van der Waals surface area contributed by atoms with E-state index >= 15 is 0 Å². The number of nitrogens with zero attached hydrogens (tertiary/aromatic N) is 4. The summed E-state index contributed by atoms with van der Waals surface area (Å²) in [5, 5.41) is 7.63. The van der Waals surface area contributed by atoms with Crippen LogP contribution < -0.4 is 5.32 Å². The van der Waals surface area contributed by atoms with Crippen LogP contribution in [0.4, 0.5) is 5.82 Å². The molecule has 0 aliphatic heterocycles. The van der Waals surface area contributed by atoms with Crippen molar-refractivity contribution in [3.8, 4) is 11.4 Å². The van der Waals surface area contributed by atoms with Crippen LogP contribution >= 0.6 is 0 Å². The summed E-state index contributed by atoms with van der Waals surface area (Å²) < 4.78 is 1.96. The summed E-state index contributed by atoms with van der Waals surface area (Å²) >= 11 is 0. The maximum atomic E-state index is 4.82. The Morgan fingerprint density at radius 3 is 2.86 bits per heavy atom. The van der Waals surface area contributed by atoms with Gasteiger partial charge in [0.2, 0.25) is 0 Å². The lowest BCUT2D eigenvalue weighted by molar-refractivity contribution is 0.603. The van der Waals surface area contributed by atoms with Crippen molar-refractivity contribution in [1.82, 2.24) is 19.7 Å². The van der Waals surface area contributed by atoms with E-state index in [-0.39, 0.29) is 0 Å². The van der Waals surface area contributed by atoms with Gasteiger partial charge in [-0.3, -0.25) is 4.68 Å². The van der Waals surface area contributed by atoms with Gasteiger partial charge in [-0.05, 0) is 32.1 Å². The van der Waals surface area contributed by atoms with Gasteiger partial charge in [-0.25, -0.2) is 9.97 Å². The predicted octanol–water partition coefficient (Wildman–Crippen LogP) is 3.06. The van der Waals surface area contributed by atoms with Gasteiger partial charge in [0.25, 0.3) is 0 Å². The summed E-state index contributed by atoms with van der Waals surface area (Å²) in [6.45, 7) is 3.09. The first-order valence-corrected chi connectivity index (χ1v) is 7.92. The number of nitrogens with one attached hydrogen (secondary N) is 1. The molecule has 5 nitrogen and oxygen atoms in total. The number of anilines is 1. The predicted molar refractivity (Wildman–Crippen MR) is 84.3 cm³/mol. The maximum Gasteiger partial charge on any atom is 0.164 e. The number of rotatable bonds is 4. The Balaban J connectivity index is 2.00. The molecular formula is C16H23N5. The number of fused-ring (bicyclic) bond motifs is 1. The number of aromatic nitrogens is 4. The number of hydrogen-bond donors (Lipinski definition) is 1. The van der Waals surface area contributed by atoms with E-state index in [0.717, 1.165) is 43.0 Å². The molecule has 2 aromatic rings. The van der Waals surface area contributed by atoms with Gasteiger partial charge in [0, 0.05) is 31.0 Å². The Labute approximate surface area is 125 Å². The Morgan fingerprint density at radius 1 is 1.19 bits per heavy atom. The summed E-state index contributed by atoms with van der Waals surface area (Å²) in [4.78, 5) is 9.54. The molecule has 0 amide bonds. The van der Waals surface area contributed by atoms with E-state index in [2.05, 4.69) is 17.3 Å². The molecule has 0 spiro atoms. The van der Waals surface area contributed by atoms with Crippen molar-refractivity contribution >= 4 is 5.82 Å². The van der Waals surface area contributed by atoms with E-state index in [0.29, 0.717) is 0 Å². The monoisotopic (exact) mass is 285 g/mol. The van der Waals surface area contributed by atoms with Crippen LogP contribution in [0.25, 0.3) is 11.4 Å². The minimum atomic E-state index is 0.794. The van der Waals surface area contributed by atoms with Crippen molar-refractivity contribution in [3.63, 3.8) is 0 Å². The minimum Gasteiger partial charge on any atom is -0.373 e. The van der Waals surface area contributed by atoms with Crippen molar-refractivity contribution in [1.29, 1.82) is 0 Å². The molecule has 0 aromatic carbocycles. The molecule has 0 atom stereocenters. The molecule has 0 radical (unpaired) electrons. The highest BCUT2D eigenvalue weighted by Gasteiger charge is 2.17. The molecule has 5 heteroatoms. The molecule has 2 heterocycles. The van der Waals surface area contributed by atoms with E-state index in [1.807, 2.05) is 24.1 Å². The van der Waals surface area contributed by atoms with Crippen LogP contribution in [0.1, 0.15) is 43.9 Å². The first-order valence-electron chi connectivity index (χ1n) is 7.92. The largest absolute Gasteiger partial charge is 0.373 e. The Kier molecular flexibility index (Phi) is 4.18. The second kappa shape index (κ2) is 6.24. The quantitative estimate of drug-likeness (QED) is 0.877. The Morgan fingerprint density at radius 2 is 2.05 bits per heavy atom. The maximum absolute atomic E-state index is 4.82. The zero-order valence-electron chi connectivity index (χ0n) is 12.9. The molecular weight excluding hydrogens is 262 g/mol. The van der Waals surface area contributed by atoms with Crippen molar-refractivity contribution in [2.75, 3.05) is 12.4 Å². The fourth-order valence-corrected chi connectivity index (χ4v) is 2.94. The molecule has 0 saturated heterocycles. The normalized spacial score (nSPS) is 14.6. The molecule has 2 aromatic heterocycles. The summed E-state index contributed by atoms with van der Waals surface area (Å²) in [5.74, 6) is 1.78. The highest BCUT2D eigenvalue weighted by Crippen LogP contribution is 2.27. The van der Waals surface area contributed by atoms with Gasteiger partial charge < -0.3 is 5.32 Å². The third kappa shape index (κ3) is 2.91. The topological polar surface area (TPSA) is 55.6 Å². The third-order valence-electron chi connectivity index (χ3n) is 4.01. The fourth-order valence-electron chi connectivity index (χ4n) is 2.94. The molecule has 1 N–H and O–H groups in total. The van der Waals surface area contributed by atoms with Crippen LogP contribution in [-0.4, -0.2) is 26.8 Å². The van der Waals surface area contributed by atoms with E-state index in [1.54, 1.807) is 0 Å². The van der Waals surface area contributed by atoms with Gasteiger partial charge in [0.1, 0.15) is 5.82 Å². The summed E-state index contributed by atoms with van der Waals surface area (Å²) in [5.41, 5.74) is 3.52. The van der Waals surface area contributed by atoms with Gasteiger partial charge in [0.15, 0.2) is 5.82 Å². The van der Waals surface area contributed by atoms with Gasteiger partial charge in [-0.15, -0.1) is 0 Å². The third-order valence-corrected chi connectivity index (χ3v) is 4.01. The molecule has 3 rings (SSSR count). The lowest BCUT2D eigenvalue weighted by Gasteiger charge is -2.12. The van der Waals surface area contributed by atoms with Crippen LogP contribution in [-0.2, 0) is 19.4 Å². The zero-order chi connectivity index (χ0) is 14.7. The molecule has 112 valence electrons. The van der Waals surface area contributed by atoms with E-state index < -0.39 is 0 Å². The van der Waals surface area contributed by atoms with Crippen LogP contribution in [0.5, 0.6) is 0 Å². The zero-order valence-corrected chi connectivity index (χ0v) is 12.9. The van der Waals surface area contributed by atoms with Crippen LogP contribution in [0, 0.1) is 0 Å². The molecule has 0 fully saturated rings. The summed E-state index contributed by atoms with van der Waals surface area (Å²) in [6.07, 6.45) is 10.9. The SMILES string of the molecule is CCCn1cc(-c2nc3c(c(NC)n2)CCCCC3)cn1. The van der Waals surface area contributed by atoms with E-state index in [9.17, 15) is 0 Å². The molecule has 1 aliphatic carbocycles. The highest BCUT2D eigenvalue weighted by atomic mass is 15.3. The van der Waals surface area contributed by atoms with Crippen LogP contribution in [0.3, 0.4) is 0 Å². The number of aryl methyl sites for hydroxylation is 2. The fraction of sp³-hybridized carbons (Fsp3) is 0.562. The first kappa shape index (κ1) is 14.0. The lowest BCUT2D eigenvalue weighted by Crippen LogP contribution is -2.06. The summed E-state index contributed by atoms with van der Waals surface area (Å²) in [7, 11) is 1.94. The minimum absolute atomic E-state index is 0.794. The average molecular weight is 285 g/mol. The number of hydrogen-bond acceptors (Lipinski definition) is 4. The van der Waals surface area contributed by atoms with Crippen LogP contribution in [0.15, 0.2) is 12.4 Å². The Bertz CT molecular complexity index is 617. The van der Waals surface area contributed by atoms with Crippen molar-refractivity contribution in [2.24, 2.45) is 0 Å². The van der Waals surface area contributed by atoms with E-state index in [4.69, 9.17) is 9.97 Å². The molecule has 0 saturated carbocycles. The first-order chi connectivity index (χ1) is 10.3. The van der Waals surface area contributed by atoms with Crippen molar-refractivity contribution in [2.45, 2.75) is 52.0 Å². The second-order valence-electron chi connectivity index (χ2n) is 5.62. The van der Waals surface area contributed by atoms with Gasteiger partial charge in [-0.1, -0.05) is 13.3 Å². The Hall–Kier alpha value is -1.91. The molecule has 21 heavy (non-hydrogen) atoms. The van der Waals surface area contributed by atoms with Gasteiger partial charge in [0.05, 0.1) is 11.8 Å². The van der Waals surface area contributed by atoms with Crippen molar-refractivity contribution < 1.29 is 0 Å². The standard InChI is InChI=1S/C16H23N5/c1-3-9-21-11-12(10-18-21)15-19-14-8-6-4-5-7-13(14)16(17-2)20-15/h10-11H,3-9H2,1-2H3,(H,17,19,20). The molecule has 0 unspecified atom stereocenters. The lowest BCUT2D eigenvalue weighted by atomic mass is 10.1. The van der Waals surface area contributed by atoms with Crippen molar-refractivity contribution in [3.05, 3.63) is 23.7 Å². The molecule has 0 bridgehead atoms. The second-order valence-corrected chi connectivity index (χ2v) is 5.62. The smallest absolute Gasteiger partial charge is 0.164 e. The van der Waals surface area contributed by atoms with Crippen LogP contribution in [0.2, 0.25) is 0 Å². The van der Waals surface area contributed by atoms with E-state index in [1.165, 1.54) is 30.5 Å². The van der Waals surface area contributed by atoms with Gasteiger partial charge in [-0.2, -0.15) is 5.10 Å². The summed E-state index contributed by atoms with van der Waals surface area (Å²) in [6, 6.07) is 0. The highest BCUT2D eigenvalue weighted by molar-refractivity contribution is 5.58. The average Bonchev–Trinajstić information content (AvgIpc) is 2.83. The molecule has 1 aliphatic rings.